The third-order valence-electron chi connectivity index (χ3n) is 3.16. The number of non-ortho nitro benzene ring substituents is 1. The van der Waals surface area contributed by atoms with Crippen molar-refractivity contribution in [2.24, 2.45) is 0 Å². The lowest BCUT2D eigenvalue weighted by atomic mass is 10.0. The number of ether oxygens (including phenoxy) is 1. The fourth-order valence-corrected chi connectivity index (χ4v) is 2.54. The second kappa shape index (κ2) is 5.20. The first-order chi connectivity index (χ1) is 9.28. The van der Waals surface area contributed by atoms with Crippen LogP contribution in [0.5, 0.6) is 0 Å². The molecular weight excluding hydrogens is 260 g/mol. The van der Waals surface area contributed by atoms with Crippen molar-refractivity contribution in [1.29, 1.82) is 0 Å². The van der Waals surface area contributed by atoms with Gasteiger partial charge in [0.2, 0.25) is 0 Å². The van der Waals surface area contributed by atoms with Crippen LogP contribution in [0.2, 0.25) is 0 Å². The summed E-state index contributed by atoms with van der Waals surface area (Å²) in [5.74, 6) is -0.197. The summed E-state index contributed by atoms with van der Waals surface area (Å²) in [4.78, 5) is 24.4. The van der Waals surface area contributed by atoms with Crippen LogP contribution in [0.15, 0.2) is 24.3 Å². The number of carbonyl (C=O) groups excluding carboxylic acids is 1. The fourth-order valence-electron chi connectivity index (χ4n) is 2.54. The Balaban J connectivity index is 2.22. The summed E-state index contributed by atoms with van der Waals surface area (Å²) in [5, 5.41) is 10.8. The first-order valence-electron chi connectivity index (χ1n) is 6.50. The molecule has 1 saturated heterocycles. The van der Waals surface area contributed by atoms with E-state index in [2.05, 4.69) is 0 Å². The van der Waals surface area contributed by atoms with E-state index in [9.17, 15) is 14.9 Å². The van der Waals surface area contributed by atoms with E-state index in [4.69, 9.17) is 4.74 Å². The molecule has 6 nitrogen and oxygen atoms in total. The second-order valence-corrected chi connectivity index (χ2v) is 5.68. The van der Waals surface area contributed by atoms with Gasteiger partial charge < -0.3 is 9.64 Å². The summed E-state index contributed by atoms with van der Waals surface area (Å²) >= 11 is 0. The normalized spacial score (nSPS) is 21.6. The fraction of sp³-hybridized carbons (Fsp3) is 0.500. The number of rotatable bonds is 2. The molecule has 20 heavy (non-hydrogen) atoms. The molecule has 6 heteroatoms. The molecule has 0 aromatic heterocycles. The molecule has 0 N–H and O–H groups in total. The SMILES string of the molecule is CC1CN(C(=O)c2cccc([N+](=O)[O-])c2)CC(C)(C)O1. The number of nitro benzene ring substituents is 1. The number of benzene rings is 1. The summed E-state index contributed by atoms with van der Waals surface area (Å²) in [6.45, 7) is 6.73. The summed E-state index contributed by atoms with van der Waals surface area (Å²) in [5.41, 5.74) is -0.144. The van der Waals surface area contributed by atoms with Gasteiger partial charge in [-0.25, -0.2) is 0 Å². The van der Waals surface area contributed by atoms with E-state index in [0.29, 0.717) is 18.7 Å². The van der Waals surface area contributed by atoms with Gasteiger partial charge in [0.1, 0.15) is 0 Å². The van der Waals surface area contributed by atoms with Crippen molar-refractivity contribution in [3.63, 3.8) is 0 Å². The van der Waals surface area contributed by atoms with Crippen molar-refractivity contribution < 1.29 is 14.5 Å². The van der Waals surface area contributed by atoms with Crippen molar-refractivity contribution >= 4 is 11.6 Å². The van der Waals surface area contributed by atoms with Crippen LogP contribution in [-0.4, -0.2) is 40.5 Å². The minimum Gasteiger partial charge on any atom is -0.369 e. The Morgan fingerprint density at radius 1 is 1.50 bits per heavy atom. The Morgan fingerprint density at radius 3 is 2.80 bits per heavy atom. The lowest BCUT2D eigenvalue weighted by Crippen LogP contribution is -2.53. The third kappa shape index (κ3) is 3.14. The standard InChI is InChI=1S/C14H18N2O4/c1-10-8-15(9-14(2,3)20-10)13(17)11-5-4-6-12(7-11)16(18)19/h4-7,10H,8-9H2,1-3H3. The molecule has 2 rings (SSSR count). The van der Waals surface area contributed by atoms with Crippen LogP contribution in [0, 0.1) is 10.1 Å². The highest BCUT2D eigenvalue weighted by atomic mass is 16.6. The van der Waals surface area contributed by atoms with E-state index in [0.717, 1.165) is 0 Å². The minimum absolute atomic E-state index is 0.0543. The molecule has 108 valence electrons. The van der Waals surface area contributed by atoms with Gasteiger partial charge in [-0.1, -0.05) is 6.07 Å². The highest BCUT2D eigenvalue weighted by molar-refractivity contribution is 5.95. The molecule has 1 atom stereocenters. The zero-order chi connectivity index (χ0) is 14.9. The molecule has 1 heterocycles. The van der Waals surface area contributed by atoms with Crippen LogP contribution in [0.25, 0.3) is 0 Å². The number of hydrogen-bond acceptors (Lipinski definition) is 4. The number of amides is 1. The van der Waals surface area contributed by atoms with Gasteiger partial charge in [0, 0.05) is 30.8 Å². The molecule has 1 aromatic rings. The molecule has 0 spiro atoms. The van der Waals surface area contributed by atoms with Gasteiger partial charge in [-0.15, -0.1) is 0 Å². The van der Waals surface area contributed by atoms with Crippen molar-refractivity contribution in [1.82, 2.24) is 4.90 Å². The largest absolute Gasteiger partial charge is 0.369 e. The van der Waals surface area contributed by atoms with E-state index in [1.54, 1.807) is 11.0 Å². The predicted molar refractivity (Wildman–Crippen MR) is 73.6 cm³/mol. The van der Waals surface area contributed by atoms with E-state index >= 15 is 0 Å². The minimum atomic E-state index is -0.497. The molecule has 1 aliphatic heterocycles. The number of nitro groups is 1. The van der Waals surface area contributed by atoms with Crippen LogP contribution in [0.3, 0.4) is 0 Å². The topological polar surface area (TPSA) is 72.7 Å². The number of carbonyl (C=O) groups is 1. The lowest BCUT2D eigenvalue weighted by molar-refractivity contribution is -0.384. The highest BCUT2D eigenvalue weighted by Crippen LogP contribution is 2.23. The molecule has 0 saturated carbocycles. The van der Waals surface area contributed by atoms with Gasteiger partial charge in [0.15, 0.2) is 0 Å². The summed E-state index contributed by atoms with van der Waals surface area (Å²) in [7, 11) is 0. The molecule has 0 bridgehead atoms. The first-order valence-corrected chi connectivity index (χ1v) is 6.50. The Labute approximate surface area is 117 Å². The molecule has 1 aliphatic rings. The van der Waals surface area contributed by atoms with E-state index in [1.165, 1.54) is 18.2 Å². The zero-order valence-electron chi connectivity index (χ0n) is 11.8. The van der Waals surface area contributed by atoms with Gasteiger partial charge in [-0.2, -0.15) is 0 Å². The maximum Gasteiger partial charge on any atom is 0.270 e. The molecule has 1 unspecified atom stereocenters. The van der Waals surface area contributed by atoms with E-state index < -0.39 is 10.5 Å². The van der Waals surface area contributed by atoms with Crippen molar-refractivity contribution in [3.05, 3.63) is 39.9 Å². The average Bonchev–Trinajstić information content (AvgIpc) is 2.35. The molecule has 0 aliphatic carbocycles. The van der Waals surface area contributed by atoms with Crippen LogP contribution < -0.4 is 0 Å². The van der Waals surface area contributed by atoms with Gasteiger partial charge in [0.25, 0.3) is 11.6 Å². The van der Waals surface area contributed by atoms with Gasteiger partial charge in [0.05, 0.1) is 16.6 Å². The van der Waals surface area contributed by atoms with Gasteiger partial charge >= 0.3 is 0 Å². The molecular formula is C14H18N2O4. The van der Waals surface area contributed by atoms with Gasteiger partial charge in [-0.05, 0) is 26.8 Å². The van der Waals surface area contributed by atoms with Crippen molar-refractivity contribution in [2.45, 2.75) is 32.5 Å². The van der Waals surface area contributed by atoms with Crippen molar-refractivity contribution in [2.75, 3.05) is 13.1 Å². The quantitative estimate of drug-likeness (QED) is 0.614. The van der Waals surface area contributed by atoms with Gasteiger partial charge in [-0.3, -0.25) is 14.9 Å². The Hall–Kier alpha value is -1.95. The maximum absolute atomic E-state index is 12.5. The highest BCUT2D eigenvalue weighted by Gasteiger charge is 2.34. The smallest absolute Gasteiger partial charge is 0.270 e. The monoisotopic (exact) mass is 278 g/mol. The summed E-state index contributed by atoms with van der Waals surface area (Å²) < 4.78 is 5.75. The van der Waals surface area contributed by atoms with Crippen molar-refractivity contribution in [3.8, 4) is 0 Å². The second-order valence-electron chi connectivity index (χ2n) is 5.68. The maximum atomic E-state index is 12.5. The van der Waals surface area contributed by atoms with Crippen LogP contribution in [0.1, 0.15) is 31.1 Å². The number of nitrogens with zero attached hydrogens (tertiary/aromatic N) is 2. The summed E-state index contributed by atoms with van der Waals surface area (Å²) in [6, 6.07) is 5.82. The lowest BCUT2D eigenvalue weighted by Gasteiger charge is -2.41. The zero-order valence-corrected chi connectivity index (χ0v) is 11.8. The van der Waals surface area contributed by atoms with E-state index in [1.807, 2.05) is 20.8 Å². The summed E-state index contributed by atoms with van der Waals surface area (Å²) in [6.07, 6.45) is -0.0543. The first kappa shape index (κ1) is 14.5. The predicted octanol–water partition coefficient (Wildman–Crippen LogP) is 2.23. The molecule has 1 fully saturated rings. The number of hydrogen-bond donors (Lipinski definition) is 0. The Bertz CT molecular complexity index is 542. The molecule has 1 amide bonds. The van der Waals surface area contributed by atoms with Crippen LogP contribution in [-0.2, 0) is 4.74 Å². The van der Waals surface area contributed by atoms with Crippen LogP contribution >= 0.6 is 0 Å². The molecule has 0 radical (unpaired) electrons. The van der Waals surface area contributed by atoms with E-state index in [-0.39, 0.29) is 17.7 Å². The third-order valence-corrected chi connectivity index (χ3v) is 3.16. The molecule has 1 aromatic carbocycles. The Morgan fingerprint density at radius 2 is 2.20 bits per heavy atom. The van der Waals surface area contributed by atoms with Crippen LogP contribution in [0.4, 0.5) is 5.69 Å². The number of morpholine rings is 1. The average molecular weight is 278 g/mol. The Kier molecular flexibility index (Phi) is 3.76.